The van der Waals surface area contributed by atoms with Crippen LogP contribution in [-0.2, 0) is 14.4 Å². The minimum Gasteiger partial charge on any atom is -0.484 e. The smallest absolute Gasteiger partial charge is 0.329 e. The molecule has 0 unspecified atom stereocenters. The van der Waals surface area contributed by atoms with Crippen LogP contribution in [-0.4, -0.2) is 54.6 Å². The van der Waals surface area contributed by atoms with E-state index in [-0.39, 0.29) is 18.6 Å². The number of carbonyl (C=O) groups excluding carboxylic acids is 3. The van der Waals surface area contributed by atoms with Gasteiger partial charge in [-0.15, -0.1) is 0 Å². The van der Waals surface area contributed by atoms with Crippen molar-refractivity contribution < 1.29 is 19.1 Å². The number of hydrogen-bond donors (Lipinski definition) is 2. The first kappa shape index (κ1) is 20.4. The van der Waals surface area contributed by atoms with Crippen molar-refractivity contribution in [2.75, 3.05) is 19.7 Å². The number of amides is 3. The lowest BCUT2D eigenvalue weighted by molar-refractivity contribution is -0.139. The van der Waals surface area contributed by atoms with E-state index in [0.29, 0.717) is 11.3 Å². The molecule has 0 spiro atoms. The molecule has 0 saturated carbocycles. The molecule has 8 heteroatoms. The lowest BCUT2D eigenvalue weighted by atomic mass is 10.2. The number of rotatable bonds is 7. The van der Waals surface area contributed by atoms with Gasteiger partial charge >= 0.3 is 11.8 Å². The Balaban J connectivity index is 1.82. The molecular formula is C19H26N4O4. The zero-order chi connectivity index (χ0) is 19.6. The molecule has 1 aliphatic rings. The van der Waals surface area contributed by atoms with E-state index in [9.17, 15) is 14.4 Å². The molecule has 0 aromatic heterocycles. The maximum Gasteiger partial charge on any atom is 0.329 e. The minimum absolute atomic E-state index is 0.00683. The van der Waals surface area contributed by atoms with Gasteiger partial charge in [0.2, 0.25) is 0 Å². The lowest BCUT2D eigenvalue weighted by Gasteiger charge is -2.15. The summed E-state index contributed by atoms with van der Waals surface area (Å²) < 4.78 is 5.54. The van der Waals surface area contributed by atoms with Gasteiger partial charge in [0.05, 0.1) is 6.21 Å². The summed E-state index contributed by atoms with van der Waals surface area (Å²) in [5.74, 6) is -1.03. The van der Waals surface area contributed by atoms with Gasteiger partial charge < -0.3 is 15.0 Å². The van der Waals surface area contributed by atoms with Gasteiger partial charge in [-0.25, -0.2) is 5.43 Å². The number of nitrogens with one attached hydrogen (secondary N) is 2. The number of hydrazone groups is 1. The summed E-state index contributed by atoms with van der Waals surface area (Å²) in [6.45, 7) is 5.30. The van der Waals surface area contributed by atoms with Crippen LogP contribution in [0.1, 0.15) is 38.7 Å². The molecule has 1 heterocycles. The molecule has 8 nitrogen and oxygen atoms in total. The Morgan fingerprint density at radius 1 is 1.26 bits per heavy atom. The summed E-state index contributed by atoms with van der Waals surface area (Å²) in [6.07, 6.45) is 4.22. The van der Waals surface area contributed by atoms with Crippen LogP contribution in [0.25, 0.3) is 0 Å². The molecule has 1 aromatic rings. The second-order valence-electron chi connectivity index (χ2n) is 6.43. The van der Waals surface area contributed by atoms with Gasteiger partial charge in [-0.1, -0.05) is 19.1 Å². The van der Waals surface area contributed by atoms with Crippen LogP contribution in [0.2, 0.25) is 0 Å². The van der Waals surface area contributed by atoms with Gasteiger partial charge in [0.25, 0.3) is 5.91 Å². The topological polar surface area (TPSA) is 100 Å². The average Bonchev–Trinajstić information content (AvgIpc) is 3.21. The predicted octanol–water partition coefficient (Wildman–Crippen LogP) is 1.05. The summed E-state index contributed by atoms with van der Waals surface area (Å²) in [5, 5.41) is 6.34. The molecule has 2 N–H and O–H groups in total. The van der Waals surface area contributed by atoms with Crippen LogP contribution < -0.4 is 15.5 Å². The Morgan fingerprint density at radius 3 is 2.70 bits per heavy atom. The fourth-order valence-electron chi connectivity index (χ4n) is 2.50. The zero-order valence-electron chi connectivity index (χ0n) is 15.7. The predicted molar refractivity (Wildman–Crippen MR) is 101 cm³/mol. The van der Waals surface area contributed by atoms with E-state index in [2.05, 4.69) is 15.8 Å². The summed E-state index contributed by atoms with van der Waals surface area (Å²) in [5.41, 5.74) is 2.85. The summed E-state index contributed by atoms with van der Waals surface area (Å²) in [6, 6.07) is 6.89. The maximum atomic E-state index is 12.0. The van der Waals surface area contributed by atoms with E-state index in [4.69, 9.17) is 4.74 Å². The Bertz CT molecular complexity index is 699. The Morgan fingerprint density at radius 2 is 2.00 bits per heavy atom. The molecule has 0 radical (unpaired) electrons. The van der Waals surface area contributed by atoms with Gasteiger partial charge in [-0.2, -0.15) is 5.10 Å². The fourth-order valence-corrected chi connectivity index (χ4v) is 2.50. The molecule has 0 bridgehead atoms. The molecule has 3 amide bonds. The van der Waals surface area contributed by atoms with E-state index in [1.165, 1.54) is 6.21 Å². The second-order valence-corrected chi connectivity index (χ2v) is 6.43. The Kier molecular flexibility index (Phi) is 7.79. The van der Waals surface area contributed by atoms with E-state index < -0.39 is 11.8 Å². The second kappa shape index (κ2) is 10.3. The van der Waals surface area contributed by atoms with Crippen molar-refractivity contribution in [2.24, 2.45) is 5.10 Å². The maximum absolute atomic E-state index is 12.0. The van der Waals surface area contributed by atoms with Crippen LogP contribution in [0.3, 0.4) is 0 Å². The largest absolute Gasteiger partial charge is 0.484 e. The first-order valence-electron chi connectivity index (χ1n) is 9.14. The number of benzene rings is 1. The van der Waals surface area contributed by atoms with E-state index in [1.54, 1.807) is 29.2 Å². The van der Waals surface area contributed by atoms with Gasteiger partial charge in [0.1, 0.15) is 5.75 Å². The standard InChI is InChI=1S/C19H26N4O4/c1-3-14(2)21-18(25)19(26)22-20-12-15-7-6-8-16(11-15)27-13-17(24)23-9-4-5-10-23/h6-8,11-12,14H,3-5,9-10,13H2,1-2H3,(H,21,25)(H,22,26)/b20-12-/t14-/m1/s1. The third kappa shape index (κ3) is 6.73. The fraction of sp³-hybridized carbons (Fsp3) is 0.474. The Hall–Kier alpha value is -2.90. The van der Waals surface area contributed by atoms with Crippen molar-refractivity contribution in [1.29, 1.82) is 0 Å². The van der Waals surface area contributed by atoms with Crippen LogP contribution in [0.5, 0.6) is 5.75 Å². The van der Waals surface area contributed by atoms with Gasteiger partial charge in [0, 0.05) is 19.1 Å². The SMILES string of the molecule is CC[C@@H](C)NC(=O)C(=O)N/N=C\c1cccc(OCC(=O)N2CCCC2)c1. The third-order valence-corrected chi connectivity index (χ3v) is 4.25. The highest BCUT2D eigenvalue weighted by Gasteiger charge is 2.18. The van der Waals surface area contributed by atoms with E-state index in [0.717, 1.165) is 32.4 Å². The van der Waals surface area contributed by atoms with Crippen molar-refractivity contribution in [3.63, 3.8) is 0 Å². The van der Waals surface area contributed by atoms with Gasteiger partial charge in [-0.3, -0.25) is 14.4 Å². The molecule has 146 valence electrons. The number of ether oxygens (including phenoxy) is 1. The van der Waals surface area contributed by atoms with Crippen LogP contribution in [0.4, 0.5) is 0 Å². The molecule has 1 fully saturated rings. The van der Waals surface area contributed by atoms with Crippen molar-refractivity contribution >= 4 is 23.9 Å². The van der Waals surface area contributed by atoms with E-state index >= 15 is 0 Å². The number of nitrogens with zero attached hydrogens (tertiary/aromatic N) is 2. The molecule has 27 heavy (non-hydrogen) atoms. The van der Waals surface area contributed by atoms with Crippen LogP contribution in [0.15, 0.2) is 29.4 Å². The highest BCUT2D eigenvalue weighted by Crippen LogP contribution is 2.13. The van der Waals surface area contributed by atoms with Gasteiger partial charge in [-0.05, 0) is 43.9 Å². The molecule has 1 aromatic carbocycles. The summed E-state index contributed by atoms with van der Waals surface area (Å²) in [4.78, 5) is 37.1. The Labute approximate surface area is 158 Å². The van der Waals surface area contributed by atoms with E-state index in [1.807, 2.05) is 13.8 Å². The molecule has 1 atom stereocenters. The van der Waals surface area contributed by atoms with Crippen molar-refractivity contribution in [3.8, 4) is 5.75 Å². The molecule has 2 rings (SSSR count). The van der Waals surface area contributed by atoms with Crippen molar-refractivity contribution in [2.45, 2.75) is 39.2 Å². The number of likely N-dealkylation sites (tertiary alicyclic amines) is 1. The first-order chi connectivity index (χ1) is 13.0. The normalized spacial score (nSPS) is 14.8. The summed E-state index contributed by atoms with van der Waals surface area (Å²) >= 11 is 0. The number of hydrogen-bond acceptors (Lipinski definition) is 5. The third-order valence-electron chi connectivity index (χ3n) is 4.25. The quantitative estimate of drug-likeness (QED) is 0.423. The average molecular weight is 374 g/mol. The van der Waals surface area contributed by atoms with Crippen LogP contribution in [0, 0.1) is 0 Å². The zero-order valence-corrected chi connectivity index (χ0v) is 15.7. The minimum atomic E-state index is -0.824. The molecule has 1 aliphatic heterocycles. The highest BCUT2D eigenvalue weighted by molar-refractivity contribution is 6.35. The van der Waals surface area contributed by atoms with Crippen molar-refractivity contribution in [3.05, 3.63) is 29.8 Å². The van der Waals surface area contributed by atoms with Gasteiger partial charge in [0.15, 0.2) is 6.61 Å². The monoisotopic (exact) mass is 374 g/mol. The van der Waals surface area contributed by atoms with Crippen LogP contribution >= 0.6 is 0 Å². The number of carbonyl (C=O) groups is 3. The molecular weight excluding hydrogens is 348 g/mol. The molecule has 1 saturated heterocycles. The summed E-state index contributed by atoms with van der Waals surface area (Å²) in [7, 11) is 0. The lowest BCUT2D eigenvalue weighted by Crippen LogP contribution is -2.41. The highest BCUT2D eigenvalue weighted by atomic mass is 16.5. The first-order valence-corrected chi connectivity index (χ1v) is 9.14. The molecule has 0 aliphatic carbocycles. The van der Waals surface area contributed by atoms with Crippen molar-refractivity contribution in [1.82, 2.24) is 15.6 Å².